The minimum Gasteiger partial charge on any atom is -0.434 e. The Morgan fingerprint density at radius 3 is 2.12 bits per heavy atom. The highest BCUT2D eigenvalue weighted by atomic mass is 19.3. The smallest absolute Gasteiger partial charge is 0.387 e. The van der Waals surface area contributed by atoms with E-state index in [0.29, 0.717) is 0 Å². The summed E-state index contributed by atoms with van der Waals surface area (Å²) in [6.07, 6.45) is 3.43. The zero-order valence-corrected chi connectivity index (χ0v) is 18.3. The van der Waals surface area contributed by atoms with Gasteiger partial charge in [-0.3, -0.25) is 24.1 Å². The molecule has 2 atom stereocenters. The molecular formula is C23H27F2N3O5. The van der Waals surface area contributed by atoms with Crippen LogP contribution in [0.2, 0.25) is 0 Å². The van der Waals surface area contributed by atoms with Gasteiger partial charge < -0.3 is 14.5 Å². The number of carbonyl (C=O) groups excluding carboxylic acids is 4. The van der Waals surface area contributed by atoms with E-state index >= 15 is 0 Å². The number of para-hydroxylation sites is 1. The minimum absolute atomic E-state index is 0.0464. The highest BCUT2D eigenvalue weighted by Gasteiger charge is 2.48. The fourth-order valence-electron chi connectivity index (χ4n) is 4.99. The summed E-state index contributed by atoms with van der Waals surface area (Å²) in [7, 11) is 0. The van der Waals surface area contributed by atoms with Gasteiger partial charge in [-0.2, -0.15) is 8.78 Å². The first kappa shape index (κ1) is 23.1. The van der Waals surface area contributed by atoms with Crippen molar-refractivity contribution in [1.82, 2.24) is 14.7 Å². The van der Waals surface area contributed by atoms with Crippen molar-refractivity contribution in [2.75, 3.05) is 32.7 Å². The van der Waals surface area contributed by atoms with Crippen LogP contribution in [0.1, 0.15) is 42.5 Å². The van der Waals surface area contributed by atoms with E-state index in [1.165, 1.54) is 28.0 Å². The number of ether oxygens (including phenoxy) is 1. The van der Waals surface area contributed by atoms with Crippen molar-refractivity contribution in [1.29, 1.82) is 0 Å². The number of piperazine rings is 1. The Kier molecular flexibility index (Phi) is 6.90. The summed E-state index contributed by atoms with van der Waals surface area (Å²) in [5.41, 5.74) is 0.0464. The van der Waals surface area contributed by atoms with Crippen molar-refractivity contribution in [3.05, 3.63) is 29.8 Å². The standard InChI is InChI=1S/C23H27F2N3O5/c24-23(25)33-18-8-4-3-7-17(18)20(30)27-13-11-26(12-14-27)19(29)9-10-28-21(31)15-5-1-2-6-16(15)22(28)32/h3-4,7-8,15-16,23H,1-2,5-6,9-14H2. The normalized spacial score (nSPS) is 23.2. The number of imide groups is 1. The summed E-state index contributed by atoms with van der Waals surface area (Å²) < 4.78 is 29.7. The predicted octanol–water partition coefficient (Wildman–Crippen LogP) is 2.14. The van der Waals surface area contributed by atoms with Gasteiger partial charge in [0.05, 0.1) is 17.4 Å². The van der Waals surface area contributed by atoms with E-state index < -0.39 is 12.5 Å². The molecule has 0 radical (unpaired) electrons. The van der Waals surface area contributed by atoms with Gasteiger partial charge in [0.1, 0.15) is 5.75 Å². The summed E-state index contributed by atoms with van der Waals surface area (Å²) in [5.74, 6) is -1.57. The second-order valence-electron chi connectivity index (χ2n) is 8.62. The van der Waals surface area contributed by atoms with Crippen LogP contribution >= 0.6 is 0 Å². The van der Waals surface area contributed by atoms with Gasteiger partial charge in [0.25, 0.3) is 5.91 Å². The van der Waals surface area contributed by atoms with Crippen molar-refractivity contribution in [2.24, 2.45) is 11.8 Å². The van der Waals surface area contributed by atoms with Crippen LogP contribution in [-0.2, 0) is 14.4 Å². The van der Waals surface area contributed by atoms with E-state index in [4.69, 9.17) is 0 Å². The van der Waals surface area contributed by atoms with Crippen molar-refractivity contribution >= 4 is 23.6 Å². The molecule has 4 amide bonds. The molecule has 0 spiro atoms. The lowest BCUT2D eigenvalue weighted by atomic mass is 9.81. The number of nitrogens with zero attached hydrogens (tertiary/aromatic N) is 3. The van der Waals surface area contributed by atoms with Crippen LogP contribution in [0.15, 0.2) is 24.3 Å². The molecule has 0 N–H and O–H groups in total. The minimum atomic E-state index is -3.04. The molecule has 0 aromatic heterocycles. The Bertz CT molecular complexity index is 908. The van der Waals surface area contributed by atoms with E-state index in [9.17, 15) is 28.0 Å². The second kappa shape index (κ2) is 9.84. The van der Waals surface area contributed by atoms with Gasteiger partial charge >= 0.3 is 6.61 Å². The molecule has 8 nitrogen and oxygen atoms in total. The van der Waals surface area contributed by atoms with Gasteiger partial charge in [-0.05, 0) is 25.0 Å². The van der Waals surface area contributed by atoms with Gasteiger partial charge in [-0.1, -0.05) is 25.0 Å². The van der Waals surface area contributed by atoms with Crippen LogP contribution in [0, 0.1) is 11.8 Å². The monoisotopic (exact) mass is 463 g/mol. The SMILES string of the molecule is O=C(CCN1C(=O)C2CCCCC2C1=O)N1CCN(C(=O)c2ccccc2OC(F)F)CC1. The summed E-state index contributed by atoms with van der Waals surface area (Å²) >= 11 is 0. The molecule has 178 valence electrons. The fraction of sp³-hybridized carbons (Fsp3) is 0.565. The van der Waals surface area contributed by atoms with Crippen LogP contribution in [0.5, 0.6) is 5.75 Å². The predicted molar refractivity (Wildman–Crippen MR) is 112 cm³/mol. The first-order valence-corrected chi connectivity index (χ1v) is 11.3. The Morgan fingerprint density at radius 1 is 0.939 bits per heavy atom. The summed E-state index contributed by atoms with van der Waals surface area (Å²) in [4.78, 5) is 54.9. The van der Waals surface area contributed by atoms with Crippen molar-refractivity contribution in [2.45, 2.75) is 38.7 Å². The van der Waals surface area contributed by atoms with Gasteiger partial charge in [0.15, 0.2) is 0 Å². The van der Waals surface area contributed by atoms with E-state index in [2.05, 4.69) is 4.74 Å². The van der Waals surface area contributed by atoms with Gasteiger partial charge in [0, 0.05) is 39.1 Å². The second-order valence-corrected chi connectivity index (χ2v) is 8.62. The Balaban J connectivity index is 1.29. The first-order chi connectivity index (χ1) is 15.9. The summed E-state index contributed by atoms with van der Waals surface area (Å²) in [6.45, 7) is -1.88. The third-order valence-corrected chi connectivity index (χ3v) is 6.73. The van der Waals surface area contributed by atoms with Crippen LogP contribution in [0.4, 0.5) is 8.78 Å². The quantitative estimate of drug-likeness (QED) is 0.604. The Morgan fingerprint density at radius 2 is 1.52 bits per heavy atom. The number of halogens is 2. The Labute approximate surface area is 190 Å². The fourth-order valence-corrected chi connectivity index (χ4v) is 4.99. The number of carbonyl (C=O) groups is 4. The molecule has 2 saturated heterocycles. The maximum Gasteiger partial charge on any atom is 0.387 e. The molecule has 1 saturated carbocycles. The lowest BCUT2D eigenvalue weighted by molar-refractivity contribution is -0.141. The zero-order valence-electron chi connectivity index (χ0n) is 18.3. The molecule has 1 aromatic carbocycles. The summed E-state index contributed by atoms with van der Waals surface area (Å²) in [5, 5.41) is 0. The molecule has 3 fully saturated rings. The highest BCUT2D eigenvalue weighted by molar-refractivity contribution is 6.05. The number of hydrogen-bond donors (Lipinski definition) is 0. The van der Waals surface area contributed by atoms with E-state index in [1.807, 2.05) is 0 Å². The van der Waals surface area contributed by atoms with Crippen LogP contribution in [0.3, 0.4) is 0 Å². The average molecular weight is 463 g/mol. The molecule has 2 heterocycles. The topological polar surface area (TPSA) is 87.2 Å². The van der Waals surface area contributed by atoms with Crippen LogP contribution < -0.4 is 4.74 Å². The maximum absolute atomic E-state index is 12.8. The third-order valence-electron chi connectivity index (χ3n) is 6.73. The van der Waals surface area contributed by atoms with Gasteiger partial charge in [-0.15, -0.1) is 0 Å². The Hall–Kier alpha value is -3.04. The van der Waals surface area contributed by atoms with E-state index in [-0.39, 0.29) is 80.0 Å². The molecular weight excluding hydrogens is 436 g/mol. The van der Waals surface area contributed by atoms with Crippen molar-refractivity contribution < 1.29 is 32.7 Å². The lowest BCUT2D eigenvalue weighted by Gasteiger charge is -2.35. The molecule has 0 bridgehead atoms. The van der Waals surface area contributed by atoms with E-state index in [1.54, 1.807) is 11.0 Å². The number of rotatable bonds is 6. The van der Waals surface area contributed by atoms with Crippen molar-refractivity contribution in [3.63, 3.8) is 0 Å². The van der Waals surface area contributed by atoms with E-state index in [0.717, 1.165) is 25.7 Å². The number of fused-ring (bicyclic) bond motifs is 1. The largest absolute Gasteiger partial charge is 0.434 e. The average Bonchev–Trinajstić information content (AvgIpc) is 3.07. The molecule has 2 unspecified atom stereocenters. The number of alkyl halides is 2. The lowest BCUT2D eigenvalue weighted by Crippen LogP contribution is -2.51. The van der Waals surface area contributed by atoms with Gasteiger partial charge in [0.2, 0.25) is 17.7 Å². The molecule has 1 aliphatic carbocycles. The number of hydrogen-bond acceptors (Lipinski definition) is 5. The molecule has 10 heteroatoms. The molecule has 2 aliphatic heterocycles. The molecule has 1 aromatic rings. The third kappa shape index (κ3) is 4.84. The summed E-state index contributed by atoms with van der Waals surface area (Å²) in [6, 6.07) is 5.83. The number of amides is 4. The molecule has 33 heavy (non-hydrogen) atoms. The zero-order chi connectivity index (χ0) is 23.5. The number of likely N-dealkylation sites (tertiary alicyclic amines) is 1. The van der Waals surface area contributed by atoms with Gasteiger partial charge in [-0.25, -0.2) is 0 Å². The maximum atomic E-state index is 12.8. The number of benzene rings is 1. The highest BCUT2D eigenvalue weighted by Crippen LogP contribution is 2.38. The molecule has 4 rings (SSSR count). The van der Waals surface area contributed by atoms with Crippen molar-refractivity contribution in [3.8, 4) is 5.75 Å². The van der Waals surface area contributed by atoms with Crippen LogP contribution in [-0.4, -0.2) is 77.7 Å². The van der Waals surface area contributed by atoms with Crippen LogP contribution in [0.25, 0.3) is 0 Å². The first-order valence-electron chi connectivity index (χ1n) is 11.3. The molecule has 3 aliphatic rings.